The Morgan fingerprint density at radius 1 is 1.21 bits per heavy atom. The summed E-state index contributed by atoms with van der Waals surface area (Å²) in [4.78, 5) is 4.50. The highest BCUT2D eigenvalue weighted by Crippen LogP contribution is 2.18. The first-order valence-corrected chi connectivity index (χ1v) is 6.89. The van der Waals surface area contributed by atoms with Crippen molar-refractivity contribution in [1.29, 1.82) is 0 Å². The Kier molecular flexibility index (Phi) is 4.60. The van der Waals surface area contributed by atoms with E-state index in [2.05, 4.69) is 23.6 Å². The van der Waals surface area contributed by atoms with Crippen LogP contribution < -0.4 is 0 Å². The number of hydrogen-bond acceptors (Lipinski definition) is 3. The summed E-state index contributed by atoms with van der Waals surface area (Å²) >= 11 is 0. The van der Waals surface area contributed by atoms with Crippen molar-refractivity contribution in [3.63, 3.8) is 0 Å². The Hall–Kier alpha value is -0.905. The molecule has 19 heavy (non-hydrogen) atoms. The fourth-order valence-corrected chi connectivity index (χ4v) is 2.79. The summed E-state index contributed by atoms with van der Waals surface area (Å²) in [7, 11) is -0.398. The van der Waals surface area contributed by atoms with Crippen LogP contribution in [0.3, 0.4) is 0 Å². The van der Waals surface area contributed by atoms with Gasteiger partial charge in [-0.25, -0.2) is 4.39 Å². The molecule has 1 aromatic carbocycles. The van der Waals surface area contributed by atoms with Gasteiger partial charge < -0.3 is 9.83 Å². The molecule has 2 rings (SSSR count). The molecule has 0 aromatic heterocycles. The Balaban J connectivity index is 2.00. The minimum atomic E-state index is -0.398. The lowest BCUT2D eigenvalue weighted by molar-refractivity contribution is 0.0761. The zero-order valence-electron chi connectivity index (χ0n) is 11.9. The quantitative estimate of drug-likeness (QED) is 0.844. The van der Waals surface area contributed by atoms with Crippen molar-refractivity contribution in [2.24, 2.45) is 0 Å². The summed E-state index contributed by atoms with van der Waals surface area (Å²) in [6.07, 6.45) is 0. The Labute approximate surface area is 115 Å². The first kappa shape index (κ1) is 14.5. The van der Waals surface area contributed by atoms with Crippen molar-refractivity contribution in [2.45, 2.75) is 39.3 Å². The maximum atomic E-state index is 12.9. The van der Waals surface area contributed by atoms with Crippen molar-refractivity contribution in [3.8, 4) is 0 Å². The number of benzene rings is 1. The minimum Gasteiger partial charge on any atom is -0.437 e. The second-order valence-corrected chi connectivity index (χ2v) is 5.58. The topological polar surface area (TPSA) is 26.7 Å². The van der Waals surface area contributed by atoms with Gasteiger partial charge in [-0.05, 0) is 38.4 Å². The summed E-state index contributed by atoms with van der Waals surface area (Å²) in [5, 5.41) is 9.74. The Morgan fingerprint density at radius 2 is 1.84 bits per heavy atom. The normalized spacial score (nSPS) is 25.5. The highest BCUT2D eigenvalue weighted by atomic mass is 19.1. The van der Waals surface area contributed by atoms with Gasteiger partial charge >= 0.3 is 7.05 Å². The van der Waals surface area contributed by atoms with Gasteiger partial charge in [0.2, 0.25) is 0 Å². The van der Waals surface area contributed by atoms with E-state index in [1.807, 2.05) is 19.0 Å². The van der Waals surface area contributed by atoms with E-state index in [1.54, 1.807) is 0 Å². The molecule has 3 nitrogen and oxygen atoms in total. The lowest BCUT2D eigenvalue weighted by atomic mass is 9.81. The van der Waals surface area contributed by atoms with E-state index >= 15 is 0 Å². The van der Waals surface area contributed by atoms with Gasteiger partial charge in [0.1, 0.15) is 5.82 Å². The van der Waals surface area contributed by atoms with E-state index in [9.17, 15) is 9.41 Å². The summed E-state index contributed by atoms with van der Waals surface area (Å²) < 4.78 is 12.9. The molecule has 0 amide bonds. The van der Waals surface area contributed by atoms with Crippen LogP contribution in [0.25, 0.3) is 0 Å². The highest BCUT2D eigenvalue weighted by molar-refractivity contribution is 6.45. The van der Waals surface area contributed by atoms with Crippen LogP contribution in [-0.2, 0) is 6.54 Å². The Bertz CT molecular complexity index is 412. The molecule has 1 saturated heterocycles. The fourth-order valence-electron chi connectivity index (χ4n) is 2.79. The molecule has 0 saturated carbocycles. The van der Waals surface area contributed by atoms with E-state index in [0.29, 0.717) is 12.1 Å². The summed E-state index contributed by atoms with van der Waals surface area (Å²) in [6, 6.07) is 7.42. The maximum Gasteiger partial charge on any atom is 0.376 e. The van der Waals surface area contributed by atoms with Gasteiger partial charge in [0, 0.05) is 31.7 Å². The van der Waals surface area contributed by atoms with E-state index in [-0.39, 0.29) is 5.82 Å². The first-order chi connectivity index (χ1) is 8.97. The zero-order chi connectivity index (χ0) is 14.0. The zero-order valence-corrected chi connectivity index (χ0v) is 11.9. The molecule has 0 spiro atoms. The van der Waals surface area contributed by atoms with Gasteiger partial charge in [0.15, 0.2) is 0 Å². The number of piperazine rings is 1. The van der Waals surface area contributed by atoms with Gasteiger partial charge in [-0.3, -0.25) is 4.90 Å². The molecule has 0 aliphatic carbocycles. The van der Waals surface area contributed by atoms with Crippen LogP contribution in [0.1, 0.15) is 19.4 Å². The van der Waals surface area contributed by atoms with Crippen molar-refractivity contribution in [2.75, 3.05) is 13.1 Å². The molecule has 104 valence electrons. The Morgan fingerprint density at radius 3 is 2.42 bits per heavy atom. The molecule has 5 heteroatoms. The van der Waals surface area contributed by atoms with Gasteiger partial charge in [-0.15, -0.1) is 0 Å². The van der Waals surface area contributed by atoms with Crippen LogP contribution in [0, 0.1) is 5.82 Å². The molecular formula is C14H22BFN2O. The third-order valence-electron chi connectivity index (χ3n) is 3.94. The molecule has 2 atom stereocenters. The molecule has 1 aliphatic heterocycles. The summed E-state index contributed by atoms with van der Waals surface area (Å²) in [5.74, 6) is -0.191. The minimum absolute atomic E-state index is 0.191. The first-order valence-electron chi connectivity index (χ1n) is 6.89. The monoisotopic (exact) mass is 264 g/mol. The standard InChI is InChI=1S/C14H22BFN2O/c1-11-9-18(15(3)19)12(2)8-17(11)10-13-4-6-14(16)7-5-13/h4-7,11-12,19H,8-10H2,1-3H3/t11-,12+/m0/s1. The number of hydrogen-bond donors (Lipinski definition) is 1. The molecule has 1 N–H and O–H groups in total. The lowest BCUT2D eigenvalue weighted by Crippen LogP contribution is -2.59. The molecule has 1 aromatic rings. The second-order valence-electron chi connectivity index (χ2n) is 5.58. The third-order valence-corrected chi connectivity index (χ3v) is 3.94. The average Bonchev–Trinajstić information content (AvgIpc) is 2.35. The van der Waals surface area contributed by atoms with Crippen LogP contribution in [0.5, 0.6) is 0 Å². The van der Waals surface area contributed by atoms with E-state index in [1.165, 1.54) is 12.1 Å². The molecule has 0 radical (unpaired) electrons. The SMILES string of the molecule is CB(O)N1C[C@H](C)N(Cc2ccc(F)cc2)C[C@H]1C. The van der Waals surface area contributed by atoms with Crippen molar-refractivity contribution in [3.05, 3.63) is 35.6 Å². The van der Waals surface area contributed by atoms with Crippen LogP contribution in [0.4, 0.5) is 4.39 Å². The van der Waals surface area contributed by atoms with E-state index in [0.717, 1.165) is 25.2 Å². The molecule has 1 fully saturated rings. The second kappa shape index (κ2) is 6.03. The summed E-state index contributed by atoms with van der Waals surface area (Å²) in [5.41, 5.74) is 1.13. The lowest BCUT2D eigenvalue weighted by Gasteiger charge is -2.44. The van der Waals surface area contributed by atoms with Crippen molar-refractivity contribution >= 4 is 7.05 Å². The van der Waals surface area contributed by atoms with E-state index in [4.69, 9.17) is 0 Å². The van der Waals surface area contributed by atoms with Gasteiger partial charge in [0.05, 0.1) is 0 Å². The number of halogens is 1. The number of nitrogens with zero attached hydrogens (tertiary/aromatic N) is 2. The predicted molar refractivity (Wildman–Crippen MR) is 76.3 cm³/mol. The smallest absolute Gasteiger partial charge is 0.376 e. The molecule has 0 unspecified atom stereocenters. The molecule has 1 aliphatic rings. The van der Waals surface area contributed by atoms with Crippen LogP contribution in [0.2, 0.25) is 6.82 Å². The molecular weight excluding hydrogens is 242 g/mol. The molecule has 1 heterocycles. The number of rotatable bonds is 3. The maximum absolute atomic E-state index is 12.9. The predicted octanol–water partition coefficient (Wildman–Crippen LogP) is 1.83. The highest BCUT2D eigenvalue weighted by Gasteiger charge is 2.32. The van der Waals surface area contributed by atoms with Gasteiger partial charge in [-0.1, -0.05) is 12.1 Å². The van der Waals surface area contributed by atoms with Crippen LogP contribution >= 0.6 is 0 Å². The average molecular weight is 264 g/mol. The van der Waals surface area contributed by atoms with Gasteiger partial charge in [-0.2, -0.15) is 0 Å². The van der Waals surface area contributed by atoms with Gasteiger partial charge in [0.25, 0.3) is 0 Å². The molecule has 0 bridgehead atoms. The van der Waals surface area contributed by atoms with Crippen molar-refractivity contribution < 1.29 is 9.41 Å². The van der Waals surface area contributed by atoms with Crippen LogP contribution in [0.15, 0.2) is 24.3 Å². The van der Waals surface area contributed by atoms with E-state index < -0.39 is 7.05 Å². The van der Waals surface area contributed by atoms with Crippen LogP contribution in [-0.4, -0.2) is 47.0 Å². The fraction of sp³-hybridized carbons (Fsp3) is 0.571. The third kappa shape index (κ3) is 3.56. The summed E-state index contributed by atoms with van der Waals surface area (Å²) in [6.45, 7) is 8.74. The van der Waals surface area contributed by atoms with Crippen molar-refractivity contribution in [1.82, 2.24) is 9.71 Å². The largest absolute Gasteiger partial charge is 0.437 e.